The van der Waals surface area contributed by atoms with E-state index in [2.05, 4.69) is 5.10 Å². The molecule has 1 aliphatic carbocycles. The molecule has 1 fully saturated rings. The number of aromatic nitrogens is 2. The molecule has 5 heteroatoms. The van der Waals surface area contributed by atoms with Crippen molar-refractivity contribution in [3.05, 3.63) is 28.8 Å². The van der Waals surface area contributed by atoms with Crippen molar-refractivity contribution in [2.45, 2.75) is 18.8 Å². The van der Waals surface area contributed by atoms with Crippen LogP contribution in [0.5, 0.6) is 5.75 Å². The number of hydrogen-bond acceptors (Lipinski definition) is 3. The van der Waals surface area contributed by atoms with E-state index in [9.17, 15) is 0 Å². The summed E-state index contributed by atoms with van der Waals surface area (Å²) in [6.07, 6.45) is 2.37. The van der Waals surface area contributed by atoms with Gasteiger partial charge in [0, 0.05) is 29.3 Å². The van der Waals surface area contributed by atoms with Crippen LogP contribution in [0.1, 0.15) is 24.3 Å². The van der Waals surface area contributed by atoms with Gasteiger partial charge in [0.1, 0.15) is 11.6 Å². The first-order chi connectivity index (χ1) is 9.10. The van der Waals surface area contributed by atoms with Gasteiger partial charge in [-0.15, -0.1) is 0 Å². The molecule has 0 radical (unpaired) electrons. The number of nitrogens with zero attached hydrogens (tertiary/aromatic N) is 2. The summed E-state index contributed by atoms with van der Waals surface area (Å²) in [7, 11) is 3.49. The Morgan fingerprint density at radius 1 is 1.37 bits per heavy atom. The van der Waals surface area contributed by atoms with Gasteiger partial charge >= 0.3 is 0 Å². The van der Waals surface area contributed by atoms with Gasteiger partial charge in [0.05, 0.1) is 12.8 Å². The molecule has 1 saturated carbocycles. The smallest absolute Gasteiger partial charge is 0.124 e. The second-order valence-corrected chi connectivity index (χ2v) is 5.33. The van der Waals surface area contributed by atoms with E-state index in [0.29, 0.717) is 11.7 Å². The molecule has 100 valence electrons. The summed E-state index contributed by atoms with van der Waals surface area (Å²) in [5, 5.41) is 5.12. The van der Waals surface area contributed by atoms with Gasteiger partial charge in [-0.25, -0.2) is 0 Å². The van der Waals surface area contributed by atoms with Crippen LogP contribution < -0.4 is 10.5 Å². The number of nitrogens with two attached hydrogens (primary N) is 1. The van der Waals surface area contributed by atoms with E-state index in [-0.39, 0.29) is 0 Å². The van der Waals surface area contributed by atoms with Gasteiger partial charge in [0.2, 0.25) is 0 Å². The lowest BCUT2D eigenvalue weighted by atomic mass is 10.0. The minimum absolute atomic E-state index is 0.547. The van der Waals surface area contributed by atoms with Crippen LogP contribution >= 0.6 is 11.6 Å². The van der Waals surface area contributed by atoms with E-state index in [1.54, 1.807) is 11.8 Å². The number of rotatable bonds is 3. The fourth-order valence-corrected chi connectivity index (χ4v) is 2.67. The summed E-state index contributed by atoms with van der Waals surface area (Å²) in [5.41, 5.74) is 8.67. The summed E-state index contributed by atoms with van der Waals surface area (Å²) in [4.78, 5) is 0. The number of benzene rings is 1. The van der Waals surface area contributed by atoms with Crippen molar-refractivity contribution in [1.29, 1.82) is 0 Å². The Kier molecular flexibility index (Phi) is 2.90. The quantitative estimate of drug-likeness (QED) is 0.937. The third-order valence-electron chi connectivity index (χ3n) is 3.51. The van der Waals surface area contributed by atoms with Gasteiger partial charge in [-0.05, 0) is 30.9 Å². The molecule has 0 saturated heterocycles. The maximum Gasteiger partial charge on any atom is 0.124 e. The Hall–Kier alpha value is -1.68. The topological polar surface area (TPSA) is 53.1 Å². The van der Waals surface area contributed by atoms with Crippen molar-refractivity contribution >= 4 is 17.4 Å². The molecule has 2 aromatic rings. The summed E-state index contributed by atoms with van der Waals surface area (Å²) in [6, 6.07) is 5.77. The summed E-state index contributed by atoms with van der Waals surface area (Å²) in [5.74, 6) is 2.01. The molecule has 4 nitrogen and oxygen atoms in total. The summed E-state index contributed by atoms with van der Waals surface area (Å²) < 4.78 is 7.12. The van der Waals surface area contributed by atoms with Crippen molar-refractivity contribution in [2.75, 3.05) is 12.8 Å². The van der Waals surface area contributed by atoms with Crippen LogP contribution in [0, 0.1) is 0 Å². The SMILES string of the molecule is COc1cc(-c2cc(N)n(C)n2)cc(Cl)c1C1CC1. The number of nitrogen functional groups attached to an aromatic ring is 1. The van der Waals surface area contributed by atoms with Crippen molar-refractivity contribution in [3.63, 3.8) is 0 Å². The van der Waals surface area contributed by atoms with Gasteiger partial charge < -0.3 is 10.5 Å². The monoisotopic (exact) mass is 277 g/mol. The molecule has 3 rings (SSSR count). The highest BCUT2D eigenvalue weighted by atomic mass is 35.5. The van der Waals surface area contributed by atoms with Crippen LogP contribution in [0.2, 0.25) is 5.02 Å². The Morgan fingerprint density at radius 3 is 2.63 bits per heavy atom. The third-order valence-corrected chi connectivity index (χ3v) is 3.82. The first kappa shape index (κ1) is 12.4. The predicted octanol–water partition coefficient (Wildman–Crippen LogP) is 3.21. The van der Waals surface area contributed by atoms with Crippen molar-refractivity contribution < 1.29 is 4.74 Å². The lowest BCUT2D eigenvalue weighted by Gasteiger charge is -2.11. The largest absolute Gasteiger partial charge is 0.496 e. The Balaban J connectivity index is 2.10. The van der Waals surface area contributed by atoms with Gasteiger partial charge in [-0.1, -0.05) is 11.6 Å². The zero-order valence-electron chi connectivity index (χ0n) is 11.0. The lowest BCUT2D eigenvalue weighted by molar-refractivity contribution is 0.410. The molecule has 0 amide bonds. The fraction of sp³-hybridized carbons (Fsp3) is 0.357. The Labute approximate surface area is 117 Å². The van der Waals surface area contributed by atoms with Crippen LogP contribution in [0.25, 0.3) is 11.3 Å². The van der Waals surface area contributed by atoms with E-state index >= 15 is 0 Å². The predicted molar refractivity (Wildman–Crippen MR) is 76.6 cm³/mol. The van der Waals surface area contributed by atoms with Crippen LogP contribution in [0.4, 0.5) is 5.82 Å². The van der Waals surface area contributed by atoms with Gasteiger partial charge in [-0.2, -0.15) is 5.10 Å². The number of aryl methyl sites for hydroxylation is 1. The standard InChI is InChI=1S/C14H16ClN3O/c1-18-13(16)7-11(17-18)9-5-10(15)14(8-3-4-8)12(6-9)19-2/h5-8H,3-4,16H2,1-2H3. The Morgan fingerprint density at radius 2 is 2.11 bits per heavy atom. The van der Waals surface area contributed by atoms with Crippen LogP contribution in [-0.2, 0) is 7.05 Å². The van der Waals surface area contributed by atoms with Gasteiger partial charge in [0.15, 0.2) is 0 Å². The number of anilines is 1. The molecular weight excluding hydrogens is 262 g/mol. The molecule has 1 aromatic carbocycles. The van der Waals surface area contributed by atoms with Crippen molar-refractivity contribution in [1.82, 2.24) is 9.78 Å². The van der Waals surface area contributed by atoms with Gasteiger partial charge in [-0.3, -0.25) is 4.68 Å². The fourth-order valence-electron chi connectivity index (χ4n) is 2.30. The highest BCUT2D eigenvalue weighted by Gasteiger charge is 2.29. The van der Waals surface area contributed by atoms with E-state index in [1.165, 1.54) is 12.8 Å². The van der Waals surface area contributed by atoms with E-state index in [4.69, 9.17) is 22.1 Å². The molecule has 0 bridgehead atoms. The van der Waals surface area contributed by atoms with E-state index in [1.807, 2.05) is 25.2 Å². The van der Waals surface area contributed by atoms with E-state index in [0.717, 1.165) is 27.6 Å². The molecule has 1 heterocycles. The zero-order valence-corrected chi connectivity index (χ0v) is 11.7. The molecule has 2 N–H and O–H groups in total. The van der Waals surface area contributed by atoms with Crippen LogP contribution in [0.15, 0.2) is 18.2 Å². The normalized spacial score (nSPS) is 14.7. The second-order valence-electron chi connectivity index (χ2n) is 4.93. The number of ether oxygens (including phenoxy) is 1. The highest BCUT2D eigenvalue weighted by Crippen LogP contribution is 2.48. The molecule has 0 unspecified atom stereocenters. The minimum atomic E-state index is 0.547. The number of methoxy groups -OCH3 is 1. The van der Waals surface area contributed by atoms with Gasteiger partial charge in [0.25, 0.3) is 0 Å². The van der Waals surface area contributed by atoms with Crippen LogP contribution in [0.3, 0.4) is 0 Å². The molecule has 0 aliphatic heterocycles. The summed E-state index contributed by atoms with van der Waals surface area (Å²) in [6.45, 7) is 0. The van der Waals surface area contributed by atoms with Crippen LogP contribution in [-0.4, -0.2) is 16.9 Å². The maximum absolute atomic E-state index is 6.40. The zero-order chi connectivity index (χ0) is 13.6. The molecule has 1 aliphatic rings. The lowest BCUT2D eigenvalue weighted by Crippen LogP contribution is -1.97. The Bertz CT molecular complexity index is 612. The molecule has 0 atom stereocenters. The maximum atomic E-state index is 6.40. The second kappa shape index (κ2) is 4.46. The molecule has 0 spiro atoms. The molecule has 19 heavy (non-hydrogen) atoms. The number of halogens is 1. The third kappa shape index (κ3) is 2.16. The minimum Gasteiger partial charge on any atom is -0.496 e. The average Bonchev–Trinajstić information content (AvgIpc) is 3.15. The molecule has 1 aromatic heterocycles. The summed E-state index contributed by atoms with van der Waals surface area (Å²) >= 11 is 6.40. The average molecular weight is 278 g/mol. The van der Waals surface area contributed by atoms with Crippen molar-refractivity contribution in [2.24, 2.45) is 7.05 Å². The molecular formula is C14H16ClN3O. The van der Waals surface area contributed by atoms with Crippen molar-refractivity contribution in [3.8, 4) is 17.0 Å². The first-order valence-corrected chi connectivity index (χ1v) is 6.65. The van der Waals surface area contributed by atoms with E-state index < -0.39 is 0 Å². The first-order valence-electron chi connectivity index (χ1n) is 6.27. The highest BCUT2D eigenvalue weighted by molar-refractivity contribution is 6.32. The number of hydrogen-bond donors (Lipinski definition) is 1.